The number of hydrogen-bond acceptors (Lipinski definition) is 4. The van der Waals surface area contributed by atoms with Gasteiger partial charge in [-0.3, -0.25) is 9.71 Å². The fourth-order valence-electron chi connectivity index (χ4n) is 1.58. The monoisotopic (exact) mass is 331 g/mol. The summed E-state index contributed by atoms with van der Waals surface area (Å²) in [7, 11) is -2.19. The van der Waals surface area contributed by atoms with Gasteiger partial charge in [0.25, 0.3) is 10.0 Å². The summed E-state index contributed by atoms with van der Waals surface area (Å²) in [6.45, 7) is 0. The Morgan fingerprint density at radius 1 is 1.15 bits per heavy atom. The van der Waals surface area contributed by atoms with Gasteiger partial charge >= 0.3 is 0 Å². The van der Waals surface area contributed by atoms with Crippen molar-refractivity contribution >= 4 is 44.6 Å². The van der Waals surface area contributed by atoms with Gasteiger partial charge in [-0.05, 0) is 18.2 Å². The summed E-state index contributed by atoms with van der Waals surface area (Å²) in [5, 5.41) is 3.21. The molecule has 0 fully saturated rings. The van der Waals surface area contributed by atoms with Crippen LogP contribution in [-0.2, 0) is 10.0 Å². The number of pyridine rings is 1. The molecule has 5 nitrogen and oxygen atoms in total. The van der Waals surface area contributed by atoms with Crippen LogP contribution in [0.3, 0.4) is 0 Å². The number of anilines is 2. The Morgan fingerprint density at radius 2 is 1.90 bits per heavy atom. The lowest BCUT2D eigenvalue weighted by Gasteiger charge is -2.12. The molecule has 2 aromatic rings. The molecule has 20 heavy (non-hydrogen) atoms. The normalized spacial score (nSPS) is 11.2. The van der Waals surface area contributed by atoms with Crippen molar-refractivity contribution in [3.8, 4) is 0 Å². The van der Waals surface area contributed by atoms with Crippen LogP contribution in [0.4, 0.5) is 11.4 Å². The van der Waals surface area contributed by atoms with Gasteiger partial charge in [0.15, 0.2) is 0 Å². The van der Waals surface area contributed by atoms with Crippen molar-refractivity contribution in [3.63, 3.8) is 0 Å². The molecule has 0 radical (unpaired) electrons. The van der Waals surface area contributed by atoms with Gasteiger partial charge in [0.2, 0.25) is 0 Å². The molecular weight excluding hydrogens is 321 g/mol. The summed E-state index contributed by atoms with van der Waals surface area (Å²) < 4.78 is 27.1. The van der Waals surface area contributed by atoms with E-state index in [9.17, 15) is 8.42 Å². The molecule has 8 heteroatoms. The zero-order valence-electron chi connectivity index (χ0n) is 10.4. The predicted octanol–water partition coefficient (Wildman–Crippen LogP) is 3.23. The lowest BCUT2D eigenvalue weighted by molar-refractivity contribution is 0.601. The second-order valence-corrected chi connectivity index (χ2v) is 6.26. The first kappa shape index (κ1) is 14.9. The van der Waals surface area contributed by atoms with Crippen LogP contribution in [0.2, 0.25) is 10.0 Å². The van der Waals surface area contributed by atoms with E-state index in [0.717, 1.165) is 0 Å². The topological polar surface area (TPSA) is 71.1 Å². The Labute approximate surface area is 127 Å². The molecule has 2 rings (SSSR count). The van der Waals surface area contributed by atoms with E-state index in [0.29, 0.717) is 5.69 Å². The minimum Gasteiger partial charge on any atom is -0.387 e. The Kier molecular flexibility index (Phi) is 4.37. The van der Waals surface area contributed by atoms with Crippen LogP contribution < -0.4 is 10.0 Å². The molecule has 0 spiro atoms. The smallest absolute Gasteiger partial charge is 0.265 e. The lowest BCUT2D eigenvalue weighted by atomic mass is 10.3. The van der Waals surface area contributed by atoms with E-state index in [-0.39, 0.29) is 20.6 Å². The predicted molar refractivity (Wildman–Crippen MR) is 81.1 cm³/mol. The second kappa shape index (κ2) is 5.87. The zero-order valence-corrected chi connectivity index (χ0v) is 12.7. The first-order valence-electron chi connectivity index (χ1n) is 5.54. The Balaban J connectivity index is 2.44. The average Bonchev–Trinajstić information content (AvgIpc) is 2.43. The molecule has 0 saturated heterocycles. The minimum atomic E-state index is -3.81. The molecule has 0 saturated carbocycles. The Bertz CT molecular complexity index is 735. The quantitative estimate of drug-likeness (QED) is 0.902. The molecule has 0 unspecified atom stereocenters. The first-order valence-corrected chi connectivity index (χ1v) is 7.78. The Morgan fingerprint density at radius 3 is 2.60 bits per heavy atom. The van der Waals surface area contributed by atoms with Gasteiger partial charge < -0.3 is 5.32 Å². The fourth-order valence-corrected chi connectivity index (χ4v) is 3.22. The third-order valence-corrected chi connectivity index (χ3v) is 4.75. The van der Waals surface area contributed by atoms with Crippen LogP contribution in [0.5, 0.6) is 0 Å². The van der Waals surface area contributed by atoms with E-state index in [1.807, 2.05) is 0 Å². The molecule has 0 atom stereocenters. The summed E-state index contributed by atoms with van der Waals surface area (Å²) in [6.07, 6.45) is 2.75. The lowest BCUT2D eigenvalue weighted by Crippen LogP contribution is -2.15. The molecule has 1 aromatic carbocycles. The number of aromatic nitrogens is 1. The number of hydrogen-bond donors (Lipinski definition) is 2. The van der Waals surface area contributed by atoms with E-state index in [2.05, 4.69) is 15.0 Å². The van der Waals surface area contributed by atoms with Crippen LogP contribution in [0.1, 0.15) is 0 Å². The van der Waals surface area contributed by atoms with Gasteiger partial charge in [-0.15, -0.1) is 0 Å². The average molecular weight is 332 g/mol. The highest BCUT2D eigenvalue weighted by atomic mass is 35.5. The molecule has 1 aromatic heterocycles. The maximum absolute atomic E-state index is 12.4. The van der Waals surface area contributed by atoms with Crippen LogP contribution in [-0.4, -0.2) is 20.4 Å². The van der Waals surface area contributed by atoms with Gasteiger partial charge in [0, 0.05) is 19.4 Å². The molecule has 0 amide bonds. The van der Waals surface area contributed by atoms with E-state index >= 15 is 0 Å². The van der Waals surface area contributed by atoms with Crippen LogP contribution >= 0.6 is 23.2 Å². The molecule has 0 aliphatic rings. The summed E-state index contributed by atoms with van der Waals surface area (Å²) in [4.78, 5) is 3.85. The highest BCUT2D eigenvalue weighted by Gasteiger charge is 2.20. The number of benzene rings is 1. The van der Waals surface area contributed by atoms with Crippen molar-refractivity contribution in [3.05, 3.63) is 46.7 Å². The van der Waals surface area contributed by atoms with Crippen molar-refractivity contribution in [2.45, 2.75) is 4.90 Å². The second-order valence-electron chi connectivity index (χ2n) is 3.83. The highest BCUT2D eigenvalue weighted by molar-refractivity contribution is 7.92. The van der Waals surface area contributed by atoms with Gasteiger partial charge in [-0.1, -0.05) is 29.3 Å². The van der Waals surface area contributed by atoms with Crippen LogP contribution in [0.25, 0.3) is 0 Å². The zero-order chi connectivity index (χ0) is 14.8. The number of rotatable bonds is 4. The molecule has 106 valence electrons. The van der Waals surface area contributed by atoms with Gasteiger partial charge in [-0.25, -0.2) is 8.42 Å². The Hall–Kier alpha value is -1.50. The third-order valence-electron chi connectivity index (χ3n) is 2.54. The van der Waals surface area contributed by atoms with Crippen molar-refractivity contribution in [1.82, 2.24) is 4.98 Å². The van der Waals surface area contributed by atoms with E-state index in [1.54, 1.807) is 25.2 Å². The third kappa shape index (κ3) is 2.98. The van der Waals surface area contributed by atoms with Gasteiger partial charge in [0.05, 0.1) is 21.4 Å². The number of nitrogens with zero attached hydrogens (tertiary/aromatic N) is 1. The SMILES string of the molecule is CNc1ccncc1S(=O)(=O)Nc1cccc(Cl)c1Cl. The maximum Gasteiger partial charge on any atom is 0.265 e. The first-order chi connectivity index (χ1) is 9.45. The molecule has 0 aliphatic carbocycles. The van der Waals surface area contributed by atoms with Crippen molar-refractivity contribution in [1.29, 1.82) is 0 Å². The highest BCUT2D eigenvalue weighted by Crippen LogP contribution is 2.31. The van der Waals surface area contributed by atoms with Gasteiger partial charge in [-0.2, -0.15) is 0 Å². The summed E-state index contributed by atoms with van der Waals surface area (Å²) >= 11 is 11.8. The van der Waals surface area contributed by atoms with Crippen LogP contribution in [0.15, 0.2) is 41.6 Å². The van der Waals surface area contributed by atoms with Crippen LogP contribution in [0, 0.1) is 0 Å². The van der Waals surface area contributed by atoms with Gasteiger partial charge in [0.1, 0.15) is 4.90 Å². The van der Waals surface area contributed by atoms with Crippen molar-refractivity contribution < 1.29 is 8.42 Å². The largest absolute Gasteiger partial charge is 0.387 e. The summed E-state index contributed by atoms with van der Waals surface area (Å²) in [5.41, 5.74) is 0.649. The molecular formula is C12H11Cl2N3O2S. The van der Waals surface area contributed by atoms with E-state index in [4.69, 9.17) is 23.2 Å². The van der Waals surface area contributed by atoms with E-state index in [1.165, 1.54) is 18.5 Å². The summed E-state index contributed by atoms with van der Waals surface area (Å²) in [5.74, 6) is 0. The molecule has 0 bridgehead atoms. The standard InChI is InChI=1S/C12H11Cl2N3O2S/c1-15-9-5-6-16-7-11(9)20(18,19)17-10-4-2-3-8(13)12(10)14/h2-7,17H,1H3,(H,15,16). The molecule has 2 N–H and O–H groups in total. The maximum atomic E-state index is 12.4. The fraction of sp³-hybridized carbons (Fsp3) is 0.0833. The molecule has 0 aliphatic heterocycles. The van der Waals surface area contributed by atoms with Crippen molar-refractivity contribution in [2.24, 2.45) is 0 Å². The molecule has 1 heterocycles. The summed E-state index contributed by atoms with van der Waals surface area (Å²) in [6, 6.07) is 6.27. The number of halogens is 2. The van der Waals surface area contributed by atoms with E-state index < -0.39 is 10.0 Å². The number of sulfonamides is 1. The minimum absolute atomic E-state index is 0.0264. The number of nitrogens with one attached hydrogen (secondary N) is 2. The van der Waals surface area contributed by atoms with Crippen molar-refractivity contribution in [2.75, 3.05) is 17.1 Å².